The Bertz CT molecular complexity index is 761. The van der Waals surface area contributed by atoms with Crippen LogP contribution in [0.15, 0.2) is 42.5 Å². The van der Waals surface area contributed by atoms with E-state index in [2.05, 4.69) is 5.32 Å². The number of halogens is 1. The lowest BCUT2D eigenvalue weighted by molar-refractivity contribution is -0.118. The van der Waals surface area contributed by atoms with Crippen molar-refractivity contribution in [3.8, 4) is 5.75 Å². The van der Waals surface area contributed by atoms with Crippen LogP contribution in [0.2, 0.25) is 5.02 Å². The van der Waals surface area contributed by atoms with Crippen molar-refractivity contribution in [1.29, 1.82) is 0 Å². The fourth-order valence-electron chi connectivity index (χ4n) is 2.05. The topological polar surface area (TPSA) is 64.6 Å². The van der Waals surface area contributed by atoms with E-state index < -0.39 is 5.97 Å². The molecule has 0 radical (unpaired) electrons. The predicted octanol–water partition coefficient (Wildman–Crippen LogP) is 4.23. The first kappa shape index (κ1) is 18.8. The van der Waals surface area contributed by atoms with Crippen molar-refractivity contribution < 1.29 is 19.1 Å². The fraction of sp³-hybridized carbons (Fsp3) is 0.263. The SMILES string of the molecule is CCCOC(=O)c1cccc(NC(=O)COc2ccc(Cl)c(C)c2)c1. The van der Waals surface area contributed by atoms with Crippen LogP contribution in [0.1, 0.15) is 29.3 Å². The standard InChI is InChI=1S/C19H20ClNO4/c1-3-9-24-19(23)14-5-4-6-15(11-14)21-18(22)12-25-16-7-8-17(20)13(2)10-16/h4-8,10-11H,3,9,12H2,1-2H3,(H,21,22). The van der Waals surface area contributed by atoms with Gasteiger partial charge in [-0.15, -0.1) is 0 Å². The highest BCUT2D eigenvalue weighted by molar-refractivity contribution is 6.31. The molecule has 2 rings (SSSR count). The monoisotopic (exact) mass is 361 g/mol. The summed E-state index contributed by atoms with van der Waals surface area (Å²) in [4.78, 5) is 23.9. The maximum atomic E-state index is 12.0. The summed E-state index contributed by atoms with van der Waals surface area (Å²) in [6.07, 6.45) is 0.754. The molecule has 0 unspecified atom stereocenters. The van der Waals surface area contributed by atoms with Crippen molar-refractivity contribution in [2.75, 3.05) is 18.5 Å². The van der Waals surface area contributed by atoms with Gasteiger partial charge in [-0.1, -0.05) is 24.6 Å². The number of anilines is 1. The van der Waals surface area contributed by atoms with Gasteiger partial charge in [-0.25, -0.2) is 4.79 Å². The fourth-order valence-corrected chi connectivity index (χ4v) is 2.17. The van der Waals surface area contributed by atoms with E-state index in [1.807, 2.05) is 13.8 Å². The molecule has 132 valence electrons. The molecule has 6 heteroatoms. The van der Waals surface area contributed by atoms with E-state index in [4.69, 9.17) is 21.1 Å². The Labute approximate surface area is 151 Å². The van der Waals surface area contributed by atoms with E-state index in [1.165, 1.54) is 0 Å². The molecule has 0 aliphatic heterocycles. The predicted molar refractivity (Wildman–Crippen MR) is 97.3 cm³/mol. The van der Waals surface area contributed by atoms with Gasteiger partial charge in [-0.2, -0.15) is 0 Å². The molecule has 1 amide bonds. The second kappa shape index (κ2) is 9.08. The Morgan fingerprint density at radius 1 is 1.16 bits per heavy atom. The highest BCUT2D eigenvalue weighted by atomic mass is 35.5. The molecule has 0 saturated carbocycles. The van der Waals surface area contributed by atoms with Crippen molar-refractivity contribution in [2.24, 2.45) is 0 Å². The Morgan fingerprint density at radius 3 is 2.68 bits per heavy atom. The van der Waals surface area contributed by atoms with E-state index in [1.54, 1.807) is 42.5 Å². The van der Waals surface area contributed by atoms with Crippen LogP contribution < -0.4 is 10.1 Å². The van der Waals surface area contributed by atoms with Crippen molar-refractivity contribution >= 4 is 29.2 Å². The lowest BCUT2D eigenvalue weighted by Crippen LogP contribution is -2.20. The van der Waals surface area contributed by atoms with E-state index in [0.717, 1.165) is 12.0 Å². The van der Waals surface area contributed by atoms with Crippen LogP contribution in [-0.4, -0.2) is 25.1 Å². The first-order valence-corrected chi connectivity index (χ1v) is 8.33. The van der Waals surface area contributed by atoms with Gasteiger partial charge in [-0.05, 0) is 55.3 Å². The molecular formula is C19H20ClNO4. The zero-order valence-electron chi connectivity index (χ0n) is 14.2. The summed E-state index contributed by atoms with van der Waals surface area (Å²) in [6, 6.07) is 11.8. The van der Waals surface area contributed by atoms with Gasteiger partial charge in [0.2, 0.25) is 0 Å². The first-order chi connectivity index (χ1) is 12.0. The molecule has 0 aliphatic carbocycles. The van der Waals surface area contributed by atoms with Gasteiger partial charge in [0, 0.05) is 10.7 Å². The number of carbonyl (C=O) groups excluding carboxylic acids is 2. The largest absolute Gasteiger partial charge is 0.484 e. The lowest BCUT2D eigenvalue weighted by Gasteiger charge is -2.09. The number of hydrogen-bond acceptors (Lipinski definition) is 4. The number of hydrogen-bond donors (Lipinski definition) is 1. The van der Waals surface area contributed by atoms with Gasteiger partial charge in [0.05, 0.1) is 12.2 Å². The Kier molecular flexibility index (Phi) is 6.83. The average molecular weight is 362 g/mol. The average Bonchev–Trinajstić information content (AvgIpc) is 2.61. The van der Waals surface area contributed by atoms with Crippen molar-refractivity contribution in [3.05, 3.63) is 58.6 Å². The summed E-state index contributed by atoms with van der Waals surface area (Å²) in [5.74, 6) is -0.175. The van der Waals surface area contributed by atoms with Gasteiger partial charge in [-0.3, -0.25) is 4.79 Å². The third-order valence-corrected chi connectivity index (χ3v) is 3.74. The number of rotatable bonds is 7. The number of aryl methyl sites for hydroxylation is 1. The van der Waals surface area contributed by atoms with Gasteiger partial charge < -0.3 is 14.8 Å². The Balaban J connectivity index is 1.91. The molecule has 0 saturated heterocycles. The maximum Gasteiger partial charge on any atom is 0.338 e. The summed E-state index contributed by atoms with van der Waals surface area (Å²) in [6.45, 7) is 4.00. The minimum atomic E-state index is -0.411. The molecule has 0 bridgehead atoms. The number of ether oxygens (including phenoxy) is 2. The zero-order chi connectivity index (χ0) is 18.2. The lowest BCUT2D eigenvalue weighted by atomic mass is 10.2. The molecule has 2 aromatic carbocycles. The smallest absolute Gasteiger partial charge is 0.338 e. The normalized spacial score (nSPS) is 10.2. The third-order valence-electron chi connectivity index (χ3n) is 3.32. The van der Waals surface area contributed by atoms with E-state index in [9.17, 15) is 9.59 Å². The molecule has 0 spiro atoms. The van der Waals surface area contributed by atoms with Crippen LogP contribution in [0.4, 0.5) is 5.69 Å². The van der Waals surface area contributed by atoms with Crippen molar-refractivity contribution in [2.45, 2.75) is 20.3 Å². The minimum Gasteiger partial charge on any atom is -0.484 e. The second-order valence-corrected chi connectivity index (χ2v) is 5.87. The number of esters is 1. The number of carbonyl (C=O) groups is 2. The molecule has 5 nitrogen and oxygen atoms in total. The van der Waals surface area contributed by atoms with Gasteiger partial charge >= 0.3 is 5.97 Å². The van der Waals surface area contributed by atoms with Gasteiger partial charge in [0.1, 0.15) is 5.75 Å². The van der Waals surface area contributed by atoms with Gasteiger partial charge in [0.25, 0.3) is 5.91 Å². The molecule has 2 aromatic rings. The zero-order valence-corrected chi connectivity index (χ0v) is 14.9. The number of benzene rings is 2. The minimum absolute atomic E-state index is 0.147. The molecule has 25 heavy (non-hydrogen) atoms. The molecule has 0 aliphatic rings. The summed E-state index contributed by atoms with van der Waals surface area (Å²) < 4.78 is 10.5. The first-order valence-electron chi connectivity index (χ1n) is 7.95. The number of nitrogens with one attached hydrogen (secondary N) is 1. The highest BCUT2D eigenvalue weighted by Crippen LogP contribution is 2.21. The molecule has 0 aromatic heterocycles. The van der Waals surface area contributed by atoms with E-state index in [-0.39, 0.29) is 12.5 Å². The molecule has 0 heterocycles. The molecule has 1 N–H and O–H groups in total. The quantitative estimate of drug-likeness (QED) is 0.749. The Morgan fingerprint density at radius 2 is 1.96 bits per heavy atom. The molecule has 0 fully saturated rings. The van der Waals surface area contributed by atoms with Crippen LogP contribution in [0.5, 0.6) is 5.75 Å². The van der Waals surface area contributed by atoms with Crippen molar-refractivity contribution in [1.82, 2.24) is 0 Å². The molecule has 0 atom stereocenters. The van der Waals surface area contributed by atoms with Crippen LogP contribution in [0, 0.1) is 6.92 Å². The van der Waals surface area contributed by atoms with E-state index in [0.29, 0.717) is 28.6 Å². The number of amides is 1. The summed E-state index contributed by atoms with van der Waals surface area (Å²) >= 11 is 5.95. The second-order valence-electron chi connectivity index (χ2n) is 5.46. The summed E-state index contributed by atoms with van der Waals surface area (Å²) in [5, 5.41) is 3.33. The third kappa shape index (κ3) is 5.80. The van der Waals surface area contributed by atoms with Gasteiger partial charge in [0.15, 0.2) is 6.61 Å². The van der Waals surface area contributed by atoms with Crippen molar-refractivity contribution in [3.63, 3.8) is 0 Å². The summed E-state index contributed by atoms with van der Waals surface area (Å²) in [5.41, 5.74) is 1.77. The van der Waals surface area contributed by atoms with E-state index >= 15 is 0 Å². The molecular weight excluding hydrogens is 342 g/mol. The van der Waals surface area contributed by atoms with Crippen LogP contribution in [-0.2, 0) is 9.53 Å². The maximum absolute atomic E-state index is 12.0. The Hall–Kier alpha value is -2.53. The highest BCUT2D eigenvalue weighted by Gasteiger charge is 2.09. The summed E-state index contributed by atoms with van der Waals surface area (Å²) in [7, 11) is 0. The van der Waals surface area contributed by atoms with Crippen LogP contribution >= 0.6 is 11.6 Å². The van der Waals surface area contributed by atoms with Crippen LogP contribution in [0.3, 0.4) is 0 Å². The van der Waals surface area contributed by atoms with Crippen LogP contribution in [0.25, 0.3) is 0 Å².